The van der Waals surface area contributed by atoms with E-state index in [2.05, 4.69) is 0 Å². The fourth-order valence-corrected chi connectivity index (χ4v) is 3.10. The number of hydrogen-bond acceptors (Lipinski definition) is 2. The zero-order valence-electron chi connectivity index (χ0n) is 14.1. The molecule has 0 fully saturated rings. The van der Waals surface area contributed by atoms with E-state index in [0.29, 0.717) is 5.39 Å². The van der Waals surface area contributed by atoms with Crippen LogP contribution in [0.3, 0.4) is 0 Å². The van der Waals surface area contributed by atoms with Crippen molar-refractivity contribution in [1.82, 2.24) is 0 Å². The summed E-state index contributed by atoms with van der Waals surface area (Å²) in [5.74, 6) is -5.42. The van der Waals surface area contributed by atoms with Gasteiger partial charge < -0.3 is 9.84 Å². The maximum atomic E-state index is 14.7. The molecule has 0 spiro atoms. The molecule has 1 atom stereocenters. The number of halogens is 5. The Morgan fingerprint density at radius 2 is 1.44 bits per heavy atom. The van der Waals surface area contributed by atoms with Crippen molar-refractivity contribution in [3.05, 3.63) is 77.9 Å². The maximum absolute atomic E-state index is 14.7. The van der Waals surface area contributed by atoms with E-state index in [1.165, 1.54) is 37.4 Å². The molecule has 0 bridgehead atoms. The summed E-state index contributed by atoms with van der Waals surface area (Å²) in [6, 6.07) is 14.7. The zero-order chi connectivity index (χ0) is 19.9. The molecule has 0 amide bonds. The van der Waals surface area contributed by atoms with Crippen LogP contribution in [0.15, 0.2) is 66.7 Å². The van der Waals surface area contributed by atoms with Crippen molar-refractivity contribution in [3.8, 4) is 5.75 Å². The Hall–Kier alpha value is -2.67. The summed E-state index contributed by atoms with van der Waals surface area (Å²) in [6.07, 6.45) is -5.98. The van der Waals surface area contributed by atoms with E-state index in [1.807, 2.05) is 0 Å². The molecule has 3 aromatic rings. The van der Waals surface area contributed by atoms with Crippen LogP contribution in [0, 0.1) is 0 Å². The first-order valence-corrected chi connectivity index (χ1v) is 7.92. The van der Waals surface area contributed by atoms with Crippen LogP contribution in [-0.4, -0.2) is 24.3 Å². The number of rotatable bonds is 4. The molecule has 0 saturated heterocycles. The number of hydrogen-bond donors (Lipinski definition) is 1. The van der Waals surface area contributed by atoms with Crippen LogP contribution in [-0.2, 0) is 5.60 Å². The van der Waals surface area contributed by atoms with E-state index in [9.17, 15) is 27.1 Å². The summed E-state index contributed by atoms with van der Waals surface area (Å²) >= 11 is 0. The highest BCUT2D eigenvalue weighted by Gasteiger charge is 2.71. The van der Waals surface area contributed by atoms with Crippen molar-refractivity contribution in [3.63, 3.8) is 0 Å². The quantitative estimate of drug-likeness (QED) is 0.622. The van der Waals surface area contributed by atoms with E-state index >= 15 is 0 Å². The van der Waals surface area contributed by atoms with Gasteiger partial charge in [0, 0.05) is 5.56 Å². The first kappa shape index (κ1) is 19.1. The Balaban J connectivity index is 2.41. The van der Waals surface area contributed by atoms with Gasteiger partial charge in [0.15, 0.2) is 5.60 Å². The molecule has 3 aromatic carbocycles. The van der Waals surface area contributed by atoms with Gasteiger partial charge in [-0.2, -0.15) is 22.0 Å². The van der Waals surface area contributed by atoms with Crippen LogP contribution in [0.25, 0.3) is 10.8 Å². The van der Waals surface area contributed by atoms with Gasteiger partial charge in [-0.25, -0.2) is 0 Å². The molecule has 7 heteroatoms. The van der Waals surface area contributed by atoms with Crippen LogP contribution in [0.2, 0.25) is 0 Å². The molecule has 1 unspecified atom stereocenters. The second-order valence-corrected chi connectivity index (χ2v) is 6.04. The Kier molecular flexibility index (Phi) is 4.59. The average molecular weight is 382 g/mol. The van der Waals surface area contributed by atoms with E-state index < -0.39 is 28.8 Å². The number of aliphatic hydroxyl groups is 1. The van der Waals surface area contributed by atoms with Crippen molar-refractivity contribution in [1.29, 1.82) is 0 Å². The van der Waals surface area contributed by atoms with Gasteiger partial charge in [-0.3, -0.25) is 0 Å². The second kappa shape index (κ2) is 6.49. The highest BCUT2D eigenvalue weighted by atomic mass is 19.4. The summed E-state index contributed by atoms with van der Waals surface area (Å²) in [6.45, 7) is 0. The largest absolute Gasteiger partial charge is 0.497 e. The van der Waals surface area contributed by atoms with Crippen molar-refractivity contribution in [2.24, 2.45) is 0 Å². The minimum atomic E-state index is -5.98. The molecular formula is C20H15F5O2. The summed E-state index contributed by atoms with van der Waals surface area (Å²) in [5.41, 5.74) is -4.82. The van der Waals surface area contributed by atoms with Gasteiger partial charge in [0.2, 0.25) is 0 Å². The molecule has 0 aliphatic carbocycles. The van der Waals surface area contributed by atoms with Gasteiger partial charge in [-0.1, -0.05) is 54.6 Å². The van der Waals surface area contributed by atoms with Crippen molar-refractivity contribution < 1.29 is 31.8 Å². The molecule has 0 aromatic heterocycles. The van der Waals surface area contributed by atoms with Crippen molar-refractivity contribution in [2.45, 2.75) is 17.7 Å². The smallest absolute Gasteiger partial charge is 0.457 e. The minimum absolute atomic E-state index is 0.0455. The lowest BCUT2D eigenvalue weighted by molar-refractivity contribution is -0.336. The maximum Gasteiger partial charge on any atom is 0.457 e. The van der Waals surface area contributed by atoms with Crippen molar-refractivity contribution >= 4 is 10.8 Å². The molecule has 2 nitrogen and oxygen atoms in total. The zero-order valence-corrected chi connectivity index (χ0v) is 14.1. The molecule has 27 heavy (non-hydrogen) atoms. The van der Waals surface area contributed by atoms with Crippen LogP contribution in [0.1, 0.15) is 11.1 Å². The highest BCUT2D eigenvalue weighted by molar-refractivity contribution is 5.87. The van der Waals surface area contributed by atoms with Crippen LogP contribution >= 0.6 is 0 Å². The first-order valence-electron chi connectivity index (χ1n) is 7.92. The molecule has 0 aliphatic heterocycles. The lowest BCUT2D eigenvalue weighted by Crippen LogP contribution is -2.55. The third kappa shape index (κ3) is 2.92. The molecule has 0 saturated carbocycles. The minimum Gasteiger partial charge on any atom is -0.497 e. The predicted octanol–water partition coefficient (Wildman–Crippen LogP) is 5.28. The summed E-state index contributed by atoms with van der Waals surface area (Å²) in [4.78, 5) is 0. The summed E-state index contributed by atoms with van der Waals surface area (Å²) in [5, 5.41) is 11.5. The normalized spacial score (nSPS) is 14.8. The van der Waals surface area contributed by atoms with E-state index in [-0.39, 0.29) is 11.1 Å². The Morgan fingerprint density at radius 1 is 0.815 bits per heavy atom. The second-order valence-electron chi connectivity index (χ2n) is 6.04. The standard InChI is InChI=1S/C20H15F5O2/c1-27-15-9-5-8-14(12-15)18(26,19(21,22)20(23,24)25)17-11-4-7-13-6-2-3-10-16(13)17/h2-12,26H,1H3. The molecular weight excluding hydrogens is 367 g/mol. The third-order valence-corrected chi connectivity index (χ3v) is 4.48. The lowest BCUT2D eigenvalue weighted by atomic mass is 9.78. The fraction of sp³-hybridized carbons (Fsp3) is 0.200. The van der Waals surface area contributed by atoms with E-state index in [0.717, 1.165) is 18.2 Å². The van der Waals surface area contributed by atoms with Gasteiger partial charge in [0.1, 0.15) is 5.75 Å². The monoisotopic (exact) mass is 382 g/mol. The van der Waals surface area contributed by atoms with Crippen LogP contribution in [0.4, 0.5) is 22.0 Å². The molecule has 3 rings (SSSR count). The predicted molar refractivity (Wildman–Crippen MR) is 90.9 cm³/mol. The molecule has 1 N–H and O–H groups in total. The van der Waals surface area contributed by atoms with E-state index in [4.69, 9.17) is 4.74 Å². The van der Waals surface area contributed by atoms with Crippen molar-refractivity contribution in [2.75, 3.05) is 7.11 Å². The molecule has 142 valence electrons. The van der Waals surface area contributed by atoms with Gasteiger partial charge >= 0.3 is 12.1 Å². The van der Waals surface area contributed by atoms with Gasteiger partial charge in [-0.15, -0.1) is 0 Å². The number of ether oxygens (including phenoxy) is 1. The number of fused-ring (bicyclic) bond motifs is 1. The van der Waals surface area contributed by atoms with E-state index in [1.54, 1.807) is 18.2 Å². The highest BCUT2D eigenvalue weighted by Crippen LogP contribution is 2.53. The number of alkyl halides is 5. The van der Waals surface area contributed by atoms with Gasteiger partial charge in [-0.05, 0) is 28.5 Å². The van der Waals surface area contributed by atoms with Crippen LogP contribution in [0.5, 0.6) is 5.75 Å². The van der Waals surface area contributed by atoms with Crippen LogP contribution < -0.4 is 4.74 Å². The first-order chi connectivity index (χ1) is 12.6. The molecule has 0 aliphatic rings. The number of methoxy groups -OCH3 is 1. The third-order valence-electron chi connectivity index (χ3n) is 4.48. The average Bonchev–Trinajstić information content (AvgIpc) is 2.66. The molecule has 0 heterocycles. The lowest BCUT2D eigenvalue weighted by Gasteiger charge is -2.38. The SMILES string of the molecule is COc1cccc(C(O)(c2cccc3ccccc23)C(F)(F)C(F)(F)F)c1. The Labute approximate surface area is 151 Å². The topological polar surface area (TPSA) is 29.5 Å². The Bertz CT molecular complexity index is 962. The Morgan fingerprint density at radius 3 is 2.11 bits per heavy atom. The van der Waals surface area contributed by atoms with Gasteiger partial charge in [0.05, 0.1) is 7.11 Å². The number of benzene rings is 3. The fourth-order valence-electron chi connectivity index (χ4n) is 3.10. The molecule has 0 radical (unpaired) electrons. The summed E-state index contributed by atoms with van der Waals surface area (Å²) in [7, 11) is 1.25. The summed E-state index contributed by atoms with van der Waals surface area (Å²) < 4.78 is 74.4. The van der Waals surface area contributed by atoms with Gasteiger partial charge in [0.25, 0.3) is 0 Å².